The van der Waals surface area contributed by atoms with Crippen LogP contribution in [0.1, 0.15) is 25.3 Å². The highest BCUT2D eigenvalue weighted by Crippen LogP contribution is 2.30. The molecule has 1 rings (SSSR count). The lowest BCUT2D eigenvalue weighted by atomic mass is 10.1. The first-order chi connectivity index (χ1) is 10.1. The summed E-state index contributed by atoms with van der Waals surface area (Å²) < 4.78 is 10.6. The lowest BCUT2D eigenvalue weighted by molar-refractivity contribution is -0.145. The molecule has 0 amide bonds. The number of carbonyl (C=O) groups is 1. The second-order valence-electron chi connectivity index (χ2n) is 4.63. The number of aliphatic carboxylic acids is 1. The van der Waals surface area contributed by atoms with E-state index < -0.39 is 12.1 Å². The van der Waals surface area contributed by atoms with E-state index in [1.165, 1.54) is 0 Å². The number of hydrogen-bond acceptors (Lipinski definition) is 4. The van der Waals surface area contributed by atoms with E-state index in [9.17, 15) is 9.90 Å². The minimum atomic E-state index is -0.977. The molecule has 118 valence electrons. The second kappa shape index (κ2) is 9.60. The molecule has 0 saturated heterocycles. The summed E-state index contributed by atoms with van der Waals surface area (Å²) in [5.41, 5.74) is 0.834. The Morgan fingerprint density at radius 1 is 1.48 bits per heavy atom. The van der Waals surface area contributed by atoms with Gasteiger partial charge in [0.15, 0.2) is 6.10 Å². The minimum Gasteiger partial charge on any atom is -0.479 e. The number of hydrogen-bond donors (Lipinski definition) is 2. The van der Waals surface area contributed by atoms with E-state index in [-0.39, 0.29) is 0 Å². The first kappa shape index (κ1) is 17.8. The summed E-state index contributed by atoms with van der Waals surface area (Å²) in [6.07, 6.45) is 0.285. The fraction of sp³-hybridized carbons (Fsp3) is 0.533. The molecule has 0 heterocycles. The number of ether oxygens (including phenoxy) is 2. The van der Waals surface area contributed by atoms with Crippen molar-refractivity contribution < 1.29 is 19.4 Å². The van der Waals surface area contributed by atoms with E-state index in [2.05, 4.69) is 5.32 Å². The van der Waals surface area contributed by atoms with Crippen molar-refractivity contribution >= 4 is 17.6 Å². The summed E-state index contributed by atoms with van der Waals surface area (Å²) in [5, 5.41) is 12.8. The molecule has 0 spiro atoms. The third kappa shape index (κ3) is 5.91. The Morgan fingerprint density at radius 3 is 2.86 bits per heavy atom. The van der Waals surface area contributed by atoms with Gasteiger partial charge in [-0.3, -0.25) is 0 Å². The maximum absolute atomic E-state index is 11.2. The Morgan fingerprint density at radius 2 is 2.24 bits per heavy atom. The maximum atomic E-state index is 11.2. The van der Waals surface area contributed by atoms with Gasteiger partial charge in [-0.15, -0.1) is 0 Å². The molecule has 0 aliphatic carbocycles. The van der Waals surface area contributed by atoms with Gasteiger partial charge in [0.05, 0.1) is 11.6 Å². The first-order valence-corrected chi connectivity index (χ1v) is 7.34. The molecule has 0 aromatic heterocycles. The summed E-state index contributed by atoms with van der Waals surface area (Å²) in [4.78, 5) is 11.2. The normalized spacial score (nSPS) is 12.1. The highest BCUT2D eigenvalue weighted by atomic mass is 35.5. The van der Waals surface area contributed by atoms with Crippen LogP contribution >= 0.6 is 11.6 Å². The first-order valence-electron chi connectivity index (χ1n) is 6.96. The van der Waals surface area contributed by atoms with Gasteiger partial charge in [-0.1, -0.05) is 37.1 Å². The predicted octanol–water partition coefficient (Wildman–Crippen LogP) is 2.71. The third-order valence-electron chi connectivity index (χ3n) is 2.93. The van der Waals surface area contributed by atoms with Gasteiger partial charge < -0.3 is 19.9 Å². The van der Waals surface area contributed by atoms with Crippen LogP contribution in [-0.2, 0) is 16.1 Å². The molecule has 0 aliphatic rings. The SMILES string of the molecule is CCCC(Oc1c(Cl)cccc1CNCCOC)C(=O)O. The van der Waals surface area contributed by atoms with Gasteiger partial charge in [0.25, 0.3) is 0 Å². The second-order valence-corrected chi connectivity index (χ2v) is 5.04. The lowest BCUT2D eigenvalue weighted by Gasteiger charge is -2.18. The molecule has 1 unspecified atom stereocenters. The van der Waals surface area contributed by atoms with Crippen LogP contribution < -0.4 is 10.1 Å². The van der Waals surface area contributed by atoms with Crippen molar-refractivity contribution in [3.63, 3.8) is 0 Å². The third-order valence-corrected chi connectivity index (χ3v) is 3.23. The smallest absolute Gasteiger partial charge is 0.344 e. The molecule has 1 aromatic carbocycles. The van der Waals surface area contributed by atoms with Crippen LogP contribution in [0.4, 0.5) is 0 Å². The van der Waals surface area contributed by atoms with Gasteiger partial charge in [0.1, 0.15) is 5.75 Å². The molecule has 0 fully saturated rings. The number of rotatable bonds is 10. The Labute approximate surface area is 130 Å². The maximum Gasteiger partial charge on any atom is 0.344 e. The summed E-state index contributed by atoms with van der Waals surface area (Å²) in [6.45, 7) is 3.75. The number of carboxylic acids is 1. The zero-order valence-corrected chi connectivity index (χ0v) is 13.2. The van der Waals surface area contributed by atoms with Crippen LogP contribution in [0.2, 0.25) is 5.02 Å². The predicted molar refractivity (Wildman–Crippen MR) is 82.0 cm³/mol. The monoisotopic (exact) mass is 315 g/mol. The van der Waals surface area contributed by atoms with Crippen LogP contribution in [0.3, 0.4) is 0 Å². The largest absolute Gasteiger partial charge is 0.479 e. The molecule has 0 aliphatic heterocycles. The topological polar surface area (TPSA) is 67.8 Å². The minimum absolute atomic E-state index is 0.420. The molecule has 1 aromatic rings. The molecule has 1 atom stereocenters. The zero-order valence-electron chi connectivity index (χ0n) is 12.4. The van der Waals surface area contributed by atoms with Crippen molar-refractivity contribution in [2.75, 3.05) is 20.3 Å². The van der Waals surface area contributed by atoms with Crippen LogP contribution in [0.25, 0.3) is 0 Å². The Hall–Kier alpha value is -1.30. The van der Waals surface area contributed by atoms with Gasteiger partial charge in [0.2, 0.25) is 0 Å². The van der Waals surface area contributed by atoms with Crippen molar-refractivity contribution in [1.29, 1.82) is 0 Å². The highest BCUT2D eigenvalue weighted by Gasteiger charge is 2.21. The van der Waals surface area contributed by atoms with E-state index in [0.29, 0.717) is 36.9 Å². The Bertz CT molecular complexity index is 453. The quantitative estimate of drug-likeness (QED) is 0.650. The number of methoxy groups -OCH3 is 1. The molecule has 2 N–H and O–H groups in total. The standard InChI is InChI=1S/C15H22ClNO4/c1-3-5-13(15(18)19)21-14-11(6-4-7-12(14)16)10-17-8-9-20-2/h4,6-7,13,17H,3,5,8-10H2,1-2H3,(H,18,19). The number of benzene rings is 1. The number of para-hydroxylation sites is 1. The van der Waals surface area contributed by atoms with Gasteiger partial charge >= 0.3 is 5.97 Å². The number of nitrogens with one attached hydrogen (secondary N) is 1. The Kier molecular flexibility index (Phi) is 8.12. The summed E-state index contributed by atoms with van der Waals surface area (Å²) in [5.74, 6) is -0.542. The summed E-state index contributed by atoms with van der Waals surface area (Å²) in [7, 11) is 1.64. The summed E-state index contributed by atoms with van der Waals surface area (Å²) in [6, 6.07) is 5.38. The van der Waals surface area contributed by atoms with Crippen molar-refractivity contribution in [1.82, 2.24) is 5.32 Å². The number of carboxylic acid groups (broad SMARTS) is 1. The van der Waals surface area contributed by atoms with Gasteiger partial charge in [-0.05, 0) is 12.5 Å². The Balaban J connectivity index is 2.80. The molecule has 0 radical (unpaired) electrons. The number of halogens is 1. The average molecular weight is 316 g/mol. The van der Waals surface area contributed by atoms with Crippen molar-refractivity contribution in [2.24, 2.45) is 0 Å². The van der Waals surface area contributed by atoms with Gasteiger partial charge in [-0.25, -0.2) is 4.79 Å². The highest BCUT2D eigenvalue weighted by molar-refractivity contribution is 6.32. The van der Waals surface area contributed by atoms with Crippen molar-refractivity contribution in [2.45, 2.75) is 32.4 Å². The fourth-order valence-electron chi connectivity index (χ4n) is 1.86. The molecular formula is C15H22ClNO4. The van der Waals surface area contributed by atoms with E-state index >= 15 is 0 Å². The molecule has 0 saturated carbocycles. The van der Waals surface area contributed by atoms with E-state index in [1.54, 1.807) is 13.2 Å². The van der Waals surface area contributed by atoms with Crippen LogP contribution in [-0.4, -0.2) is 37.4 Å². The van der Waals surface area contributed by atoms with Gasteiger partial charge in [0, 0.05) is 25.8 Å². The average Bonchev–Trinajstić information content (AvgIpc) is 2.45. The van der Waals surface area contributed by atoms with E-state index in [0.717, 1.165) is 12.0 Å². The van der Waals surface area contributed by atoms with Crippen LogP contribution in [0.15, 0.2) is 18.2 Å². The van der Waals surface area contributed by atoms with E-state index in [4.69, 9.17) is 21.1 Å². The molecule has 6 heteroatoms. The van der Waals surface area contributed by atoms with Crippen LogP contribution in [0, 0.1) is 0 Å². The summed E-state index contributed by atoms with van der Waals surface area (Å²) >= 11 is 6.15. The van der Waals surface area contributed by atoms with Crippen molar-refractivity contribution in [3.05, 3.63) is 28.8 Å². The molecular weight excluding hydrogens is 294 g/mol. The molecule has 5 nitrogen and oxygen atoms in total. The molecule has 21 heavy (non-hydrogen) atoms. The van der Waals surface area contributed by atoms with Gasteiger partial charge in [-0.2, -0.15) is 0 Å². The lowest BCUT2D eigenvalue weighted by Crippen LogP contribution is -2.28. The van der Waals surface area contributed by atoms with Crippen LogP contribution in [0.5, 0.6) is 5.75 Å². The fourth-order valence-corrected chi connectivity index (χ4v) is 2.10. The van der Waals surface area contributed by atoms with Crippen molar-refractivity contribution in [3.8, 4) is 5.75 Å². The zero-order chi connectivity index (χ0) is 15.7. The molecule has 0 bridgehead atoms. The van der Waals surface area contributed by atoms with E-state index in [1.807, 2.05) is 19.1 Å².